The van der Waals surface area contributed by atoms with Crippen molar-refractivity contribution in [1.29, 1.82) is 0 Å². The molecule has 0 spiro atoms. The van der Waals surface area contributed by atoms with Crippen LogP contribution in [0.3, 0.4) is 0 Å². The molecule has 0 heterocycles. The maximum Gasteiger partial charge on any atom is -0.00300 e. The van der Waals surface area contributed by atoms with Crippen LogP contribution in [0.2, 0.25) is 0 Å². The van der Waals surface area contributed by atoms with Gasteiger partial charge in [0.2, 0.25) is 0 Å². The molecule has 0 aliphatic rings. The number of hydrogen-bond acceptors (Lipinski definition) is 1. The fourth-order valence-corrected chi connectivity index (χ4v) is 0.802. The molecule has 8 heavy (non-hydrogen) atoms. The summed E-state index contributed by atoms with van der Waals surface area (Å²) in [6.07, 6.45) is 4.98. The summed E-state index contributed by atoms with van der Waals surface area (Å²) >= 11 is 1.84. The van der Waals surface area contributed by atoms with Crippen LogP contribution >= 0.6 is 11.8 Å². The minimum absolute atomic E-state index is 1.07. The highest BCUT2D eigenvalue weighted by molar-refractivity contribution is 7.98. The second-order valence-corrected chi connectivity index (χ2v) is 2.59. The van der Waals surface area contributed by atoms with E-state index >= 15 is 0 Å². The Kier molecular flexibility index (Phi) is 4.87. The predicted octanol–water partition coefficient (Wildman–Crippen LogP) is 2.48. The van der Waals surface area contributed by atoms with Gasteiger partial charge in [-0.3, -0.25) is 0 Å². The molecule has 0 aliphatic heterocycles. The van der Waals surface area contributed by atoms with E-state index in [0.29, 0.717) is 0 Å². The maximum atomic E-state index is 3.78. The predicted molar refractivity (Wildman–Crippen MR) is 42.3 cm³/mol. The van der Waals surface area contributed by atoms with Crippen molar-refractivity contribution in [2.24, 2.45) is 0 Å². The number of hydrogen-bond donors (Lipinski definition) is 0. The molecule has 46 valence electrons. The molecule has 0 atom stereocenters. The van der Waals surface area contributed by atoms with Crippen molar-refractivity contribution < 1.29 is 0 Å². The van der Waals surface area contributed by atoms with Gasteiger partial charge in [-0.15, -0.1) is 0 Å². The van der Waals surface area contributed by atoms with Crippen LogP contribution in [0.25, 0.3) is 0 Å². The third-order valence-corrected chi connectivity index (χ3v) is 1.53. The minimum atomic E-state index is 1.07. The van der Waals surface area contributed by atoms with Gasteiger partial charge in [0.15, 0.2) is 0 Å². The van der Waals surface area contributed by atoms with Gasteiger partial charge in [-0.1, -0.05) is 24.8 Å². The van der Waals surface area contributed by atoms with Gasteiger partial charge in [-0.2, -0.15) is 11.8 Å². The molecule has 0 saturated carbocycles. The van der Waals surface area contributed by atoms with Crippen LogP contribution in [0.4, 0.5) is 0 Å². The Morgan fingerprint density at radius 1 is 1.75 bits per heavy atom. The number of allylic oxidation sites excluding steroid dienone is 2. The van der Waals surface area contributed by atoms with Crippen LogP contribution in [0.1, 0.15) is 6.42 Å². The minimum Gasteiger partial charge on any atom is -0.165 e. The van der Waals surface area contributed by atoms with E-state index in [2.05, 4.69) is 19.4 Å². The second kappa shape index (κ2) is 4.98. The summed E-state index contributed by atoms with van der Waals surface area (Å²) < 4.78 is 0. The second-order valence-electron chi connectivity index (χ2n) is 1.61. The molecular weight excluding hydrogens is 116 g/mol. The van der Waals surface area contributed by atoms with E-state index in [-0.39, 0.29) is 0 Å². The lowest BCUT2D eigenvalue weighted by molar-refractivity contribution is 1.18. The average Bonchev–Trinajstić information content (AvgIpc) is 1.83. The molecule has 0 bridgehead atoms. The van der Waals surface area contributed by atoms with E-state index in [1.54, 1.807) is 0 Å². The van der Waals surface area contributed by atoms with Crippen LogP contribution in [-0.2, 0) is 0 Å². The van der Waals surface area contributed by atoms with Gasteiger partial charge in [0.25, 0.3) is 0 Å². The standard InChI is InChI=1S/C7H12S/c1-4-7(2)5-6-8-3/h4H,1-2,5-6H2,3H3. The number of thioether (sulfide) groups is 1. The first kappa shape index (κ1) is 7.83. The van der Waals surface area contributed by atoms with Crippen molar-refractivity contribution in [3.05, 3.63) is 24.8 Å². The monoisotopic (exact) mass is 128 g/mol. The highest BCUT2D eigenvalue weighted by atomic mass is 32.2. The Hall–Kier alpha value is -0.170. The zero-order chi connectivity index (χ0) is 6.41. The van der Waals surface area contributed by atoms with Crippen LogP contribution < -0.4 is 0 Å². The van der Waals surface area contributed by atoms with Gasteiger partial charge >= 0.3 is 0 Å². The first-order valence-corrected chi connectivity index (χ1v) is 3.99. The van der Waals surface area contributed by atoms with Gasteiger partial charge < -0.3 is 0 Å². The molecule has 0 radical (unpaired) electrons. The largest absolute Gasteiger partial charge is 0.165 e. The molecule has 0 nitrogen and oxygen atoms in total. The Labute approximate surface area is 55.7 Å². The van der Waals surface area contributed by atoms with E-state index < -0.39 is 0 Å². The SMILES string of the molecule is C=CC(=C)CCSC. The van der Waals surface area contributed by atoms with E-state index in [0.717, 1.165) is 17.7 Å². The van der Waals surface area contributed by atoms with Gasteiger partial charge in [0.05, 0.1) is 0 Å². The highest BCUT2D eigenvalue weighted by Crippen LogP contribution is 2.03. The lowest BCUT2D eigenvalue weighted by Crippen LogP contribution is -1.77. The Balaban J connectivity index is 3.11. The summed E-state index contributed by atoms with van der Waals surface area (Å²) in [5, 5.41) is 0. The normalized spacial score (nSPS) is 8.62. The lowest BCUT2D eigenvalue weighted by atomic mass is 10.2. The molecule has 1 heteroatoms. The third-order valence-electron chi connectivity index (χ3n) is 0.916. The van der Waals surface area contributed by atoms with Crippen molar-refractivity contribution in [3.63, 3.8) is 0 Å². The van der Waals surface area contributed by atoms with E-state index in [1.165, 1.54) is 0 Å². The summed E-state index contributed by atoms with van der Waals surface area (Å²) in [5.74, 6) is 1.16. The third kappa shape index (κ3) is 4.00. The van der Waals surface area contributed by atoms with Crippen LogP contribution in [0.5, 0.6) is 0 Å². The molecule has 0 aliphatic carbocycles. The molecule has 0 fully saturated rings. The zero-order valence-corrected chi connectivity index (χ0v) is 6.13. The molecule has 0 N–H and O–H groups in total. The lowest BCUT2D eigenvalue weighted by Gasteiger charge is -1.93. The van der Waals surface area contributed by atoms with Crippen LogP contribution in [-0.4, -0.2) is 12.0 Å². The quantitative estimate of drug-likeness (QED) is 0.524. The molecule has 0 aromatic carbocycles. The zero-order valence-electron chi connectivity index (χ0n) is 5.31. The van der Waals surface area contributed by atoms with Crippen molar-refractivity contribution in [3.8, 4) is 0 Å². The summed E-state index contributed by atoms with van der Waals surface area (Å²) in [6.45, 7) is 7.38. The molecule has 0 unspecified atom stereocenters. The first-order valence-electron chi connectivity index (χ1n) is 2.60. The molecule has 0 rings (SSSR count). The molecule has 0 aromatic rings. The topological polar surface area (TPSA) is 0 Å². The van der Waals surface area contributed by atoms with E-state index in [9.17, 15) is 0 Å². The Morgan fingerprint density at radius 2 is 2.38 bits per heavy atom. The summed E-state index contributed by atoms with van der Waals surface area (Å²) in [5.41, 5.74) is 1.14. The Morgan fingerprint density at radius 3 is 2.75 bits per heavy atom. The summed E-state index contributed by atoms with van der Waals surface area (Å²) in [7, 11) is 0. The van der Waals surface area contributed by atoms with E-state index in [4.69, 9.17) is 0 Å². The van der Waals surface area contributed by atoms with Crippen LogP contribution in [0, 0.1) is 0 Å². The number of rotatable bonds is 4. The summed E-state index contributed by atoms with van der Waals surface area (Å²) in [6, 6.07) is 0. The smallest absolute Gasteiger partial charge is 0.00300 e. The molecule has 0 saturated heterocycles. The highest BCUT2D eigenvalue weighted by Gasteiger charge is 1.84. The maximum absolute atomic E-state index is 3.78. The first-order chi connectivity index (χ1) is 3.81. The summed E-state index contributed by atoms with van der Waals surface area (Å²) in [4.78, 5) is 0. The van der Waals surface area contributed by atoms with Gasteiger partial charge in [-0.05, 0) is 18.4 Å². The van der Waals surface area contributed by atoms with Crippen molar-refractivity contribution in [1.82, 2.24) is 0 Å². The fraction of sp³-hybridized carbons (Fsp3) is 0.429. The molecular formula is C7H12S. The Bertz CT molecular complexity index is 84.4. The van der Waals surface area contributed by atoms with Gasteiger partial charge in [0, 0.05) is 0 Å². The molecule has 0 amide bonds. The molecule has 0 aromatic heterocycles. The average molecular weight is 128 g/mol. The van der Waals surface area contributed by atoms with Crippen molar-refractivity contribution in [2.75, 3.05) is 12.0 Å². The van der Waals surface area contributed by atoms with Crippen molar-refractivity contribution >= 4 is 11.8 Å². The van der Waals surface area contributed by atoms with E-state index in [1.807, 2.05) is 17.8 Å². The fourth-order valence-electron chi connectivity index (χ4n) is 0.335. The van der Waals surface area contributed by atoms with Gasteiger partial charge in [-0.25, -0.2) is 0 Å². The van der Waals surface area contributed by atoms with Gasteiger partial charge in [0.1, 0.15) is 0 Å². The van der Waals surface area contributed by atoms with Crippen LogP contribution in [0.15, 0.2) is 24.8 Å². The van der Waals surface area contributed by atoms with Crippen molar-refractivity contribution in [2.45, 2.75) is 6.42 Å².